The number of carbonyl (C=O) groups is 1. The van der Waals surface area contributed by atoms with Gasteiger partial charge in [0.25, 0.3) is 5.91 Å². The third kappa shape index (κ3) is 4.18. The Hall–Kier alpha value is -3.39. The first kappa shape index (κ1) is 21.5. The second-order valence-electron chi connectivity index (χ2n) is 9.02. The summed E-state index contributed by atoms with van der Waals surface area (Å²) in [5.74, 6) is 1.49. The quantitative estimate of drug-likeness (QED) is 0.577. The number of H-pyrrole nitrogens is 1. The van der Waals surface area contributed by atoms with Gasteiger partial charge in [-0.05, 0) is 48.1 Å². The first-order chi connectivity index (χ1) is 16.1. The zero-order valence-corrected chi connectivity index (χ0v) is 18.7. The molecule has 1 fully saturated rings. The first-order valence-electron chi connectivity index (χ1n) is 11.6. The van der Waals surface area contributed by atoms with Crippen LogP contribution in [-0.4, -0.2) is 54.0 Å². The van der Waals surface area contributed by atoms with Crippen LogP contribution in [0.4, 0.5) is 0 Å². The summed E-state index contributed by atoms with van der Waals surface area (Å²) in [7, 11) is 0. The standard InChI is InChI=1S/C25H28N6O2/c1-17(32)8-13-22-26-25(14-4-5-15-25)24(33)31(22)16-18-9-11-19(12-10-18)20-6-2-3-7-21(20)23-27-29-30-28-23/h2-3,6-7,9-12,17,32H,4-5,8,13-16H2,1H3,(H,27,28,29,30). The SMILES string of the molecule is CC(O)CCC1=NC2(CCCC2)C(=O)N1Cc1ccc(-c2ccccc2-c2nn[nH]n2)cc1. The molecule has 170 valence electrons. The summed E-state index contributed by atoms with van der Waals surface area (Å²) in [4.78, 5) is 20.1. The summed E-state index contributed by atoms with van der Waals surface area (Å²) < 4.78 is 0. The number of carbonyl (C=O) groups excluding carboxylic acids is 1. The van der Waals surface area contributed by atoms with Crippen molar-refractivity contribution in [3.63, 3.8) is 0 Å². The van der Waals surface area contributed by atoms with Gasteiger partial charge in [-0.1, -0.05) is 61.4 Å². The van der Waals surface area contributed by atoms with Crippen molar-refractivity contribution < 1.29 is 9.90 Å². The normalized spacial score (nSPS) is 18.2. The Morgan fingerprint density at radius 3 is 2.48 bits per heavy atom. The molecule has 2 aromatic carbocycles. The van der Waals surface area contributed by atoms with Crippen LogP contribution in [0.5, 0.6) is 0 Å². The molecule has 1 atom stereocenters. The van der Waals surface area contributed by atoms with Crippen molar-refractivity contribution in [2.24, 2.45) is 4.99 Å². The van der Waals surface area contributed by atoms with E-state index in [-0.39, 0.29) is 5.91 Å². The van der Waals surface area contributed by atoms with Crippen LogP contribution in [0, 0.1) is 0 Å². The summed E-state index contributed by atoms with van der Waals surface area (Å²) in [6.45, 7) is 2.27. The largest absolute Gasteiger partial charge is 0.393 e. The Kier molecular flexibility index (Phi) is 5.76. The van der Waals surface area contributed by atoms with Crippen LogP contribution in [0.3, 0.4) is 0 Å². The van der Waals surface area contributed by atoms with Gasteiger partial charge in [0.15, 0.2) is 0 Å². The van der Waals surface area contributed by atoms with E-state index in [2.05, 4.69) is 44.9 Å². The molecule has 1 aliphatic carbocycles. The first-order valence-corrected chi connectivity index (χ1v) is 11.6. The Labute approximate surface area is 192 Å². The molecule has 1 aliphatic heterocycles. The molecule has 2 aliphatic rings. The molecule has 8 nitrogen and oxygen atoms in total. The number of hydrogen-bond donors (Lipinski definition) is 2. The number of nitrogens with one attached hydrogen (secondary N) is 1. The molecule has 1 spiro atoms. The fraction of sp³-hybridized carbons (Fsp3) is 0.400. The van der Waals surface area contributed by atoms with E-state index in [0.29, 0.717) is 25.2 Å². The second kappa shape index (κ2) is 8.86. The highest BCUT2D eigenvalue weighted by Crippen LogP contribution is 2.40. The number of aliphatic imine (C=N–C) groups is 1. The molecular formula is C25H28N6O2. The molecule has 2 heterocycles. The van der Waals surface area contributed by atoms with E-state index in [4.69, 9.17) is 4.99 Å². The van der Waals surface area contributed by atoms with Crippen LogP contribution in [-0.2, 0) is 11.3 Å². The maximum Gasteiger partial charge on any atom is 0.256 e. The van der Waals surface area contributed by atoms with Crippen LogP contribution in [0.15, 0.2) is 53.5 Å². The van der Waals surface area contributed by atoms with Crippen molar-refractivity contribution >= 4 is 11.7 Å². The average Bonchev–Trinajstić information content (AvgIpc) is 3.57. The lowest BCUT2D eigenvalue weighted by atomic mass is 9.97. The lowest BCUT2D eigenvalue weighted by Gasteiger charge is -2.23. The van der Waals surface area contributed by atoms with Gasteiger partial charge < -0.3 is 5.11 Å². The van der Waals surface area contributed by atoms with Crippen LogP contribution < -0.4 is 0 Å². The molecule has 0 radical (unpaired) electrons. The predicted octanol–water partition coefficient (Wildman–Crippen LogP) is 3.75. The van der Waals surface area contributed by atoms with Gasteiger partial charge in [-0.3, -0.25) is 14.7 Å². The molecule has 1 amide bonds. The van der Waals surface area contributed by atoms with Crippen molar-refractivity contribution in [1.82, 2.24) is 25.5 Å². The highest BCUT2D eigenvalue weighted by atomic mass is 16.3. The van der Waals surface area contributed by atoms with Gasteiger partial charge in [-0.25, -0.2) is 0 Å². The summed E-state index contributed by atoms with van der Waals surface area (Å²) in [6, 6.07) is 16.2. The fourth-order valence-corrected chi connectivity index (χ4v) is 4.88. The van der Waals surface area contributed by atoms with Gasteiger partial charge in [-0.2, -0.15) is 5.21 Å². The van der Waals surface area contributed by atoms with Crippen molar-refractivity contribution in [2.45, 2.75) is 63.6 Å². The van der Waals surface area contributed by atoms with Gasteiger partial charge in [0.2, 0.25) is 5.82 Å². The lowest BCUT2D eigenvalue weighted by Crippen LogP contribution is -2.40. The number of nitrogens with zero attached hydrogens (tertiary/aromatic N) is 5. The highest BCUT2D eigenvalue weighted by molar-refractivity contribution is 6.08. The molecule has 1 saturated carbocycles. The zero-order valence-electron chi connectivity index (χ0n) is 18.7. The third-order valence-electron chi connectivity index (χ3n) is 6.63. The molecule has 3 aromatic rings. The smallest absolute Gasteiger partial charge is 0.256 e. The number of amides is 1. The molecule has 2 N–H and O–H groups in total. The van der Waals surface area contributed by atoms with E-state index in [1.807, 2.05) is 29.2 Å². The molecule has 1 aromatic heterocycles. The summed E-state index contributed by atoms with van der Waals surface area (Å²) >= 11 is 0. The predicted molar refractivity (Wildman–Crippen MR) is 125 cm³/mol. The molecule has 8 heteroatoms. The van der Waals surface area contributed by atoms with Gasteiger partial charge >= 0.3 is 0 Å². The Morgan fingerprint density at radius 1 is 1.09 bits per heavy atom. The number of benzene rings is 2. The molecule has 0 bridgehead atoms. The molecular weight excluding hydrogens is 416 g/mol. The molecule has 33 heavy (non-hydrogen) atoms. The minimum atomic E-state index is -0.572. The number of rotatable bonds is 7. The maximum absolute atomic E-state index is 13.4. The second-order valence-corrected chi connectivity index (χ2v) is 9.02. The van der Waals surface area contributed by atoms with Crippen LogP contribution in [0.1, 0.15) is 51.0 Å². The van der Waals surface area contributed by atoms with E-state index in [1.165, 1.54) is 0 Å². The van der Waals surface area contributed by atoms with Crippen LogP contribution >= 0.6 is 0 Å². The maximum atomic E-state index is 13.4. The van der Waals surface area contributed by atoms with Gasteiger partial charge in [0.1, 0.15) is 11.4 Å². The topological polar surface area (TPSA) is 107 Å². The average molecular weight is 445 g/mol. The van der Waals surface area contributed by atoms with Gasteiger partial charge in [0.05, 0.1) is 12.6 Å². The highest BCUT2D eigenvalue weighted by Gasteiger charge is 2.49. The van der Waals surface area contributed by atoms with Crippen molar-refractivity contribution in [3.05, 3.63) is 54.1 Å². The number of aliphatic hydroxyl groups is 1. The fourth-order valence-electron chi connectivity index (χ4n) is 4.88. The Morgan fingerprint density at radius 2 is 1.82 bits per heavy atom. The number of aliphatic hydroxyl groups excluding tert-OH is 1. The number of aromatic amines is 1. The Bertz CT molecular complexity index is 1150. The van der Waals surface area contributed by atoms with Crippen molar-refractivity contribution in [3.8, 4) is 22.5 Å². The van der Waals surface area contributed by atoms with E-state index in [1.54, 1.807) is 6.92 Å². The van der Waals surface area contributed by atoms with E-state index in [0.717, 1.165) is 53.8 Å². The summed E-state index contributed by atoms with van der Waals surface area (Å²) in [6.07, 6.45) is 4.54. The van der Waals surface area contributed by atoms with Crippen molar-refractivity contribution in [1.29, 1.82) is 0 Å². The van der Waals surface area contributed by atoms with Crippen LogP contribution in [0.2, 0.25) is 0 Å². The number of tetrazole rings is 1. The summed E-state index contributed by atoms with van der Waals surface area (Å²) in [5.41, 5.74) is 3.44. The number of aromatic nitrogens is 4. The van der Waals surface area contributed by atoms with Gasteiger partial charge in [-0.15, -0.1) is 10.2 Å². The zero-order chi connectivity index (χ0) is 22.8. The summed E-state index contributed by atoms with van der Waals surface area (Å²) in [5, 5.41) is 24.2. The van der Waals surface area contributed by atoms with Crippen LogP contribution in [0.25, 0.3) is 22.5 Å². The van der Waals surface area contributed by atoms with E-state index in [9.17, 15) is 9.90 Å². The molecule has 0 saturated heterocycles. The minimum absolute atomic E-state index is 0.118. The third-order valence-corrected chi connectivity index (χ3v) is 6.63. The number of amidine groups is 1. The van der Waals surface area contributed by atoms with E-state index >= 15 is 0 Å². The Balaban J connectivity index is 1.38. The monoisotopic (exact) mass is 444 g/mol. The van der Waals surface area contributed by atoms with Gasteiger partial charge in [0, 0.05) is 12.0 Å². The molecule has 5 rings (SSSR count). The van der Waals surface area contributed by atoms with E-state index < -0.39 is 11.6 Å². The lowest BCUT2D eigenvalue weighted by molar-refractivity contribution is -0.131. The molecule has 1 unspecified atom stereocenters. The number of hydrogen-bond acceptors (Lipinski definition) is 6. The van der Waals surface area contributed by atoms with Crippen molar-refractivity contribution in [2.75, 3.05) is 0 Å². The minimum Gasteiger partial charge on any atom is -0.393 e.